The highest BCUT2D eigenvalue weighted by Crippen LogP contribution is 2.22. The van der Waals surface area contributed by atoms with Gasteiger partial charge in [-0.1, -0.05) is 18.2 Å². The van der Waals surface area contributed by atoms with Crippen LogP contribution in [0.5, 0.6) is 0 Å². The second-order valence-corrected chi connectivity index (χ2v) is 4.86. The molecule has 1 aliphatic heterocycles. The summed E-state index contributed by atoms with van der Waals surface area (Å²) in [6, 6.07) is 8.69. The summed E-state index contributed by atoms with van der Waals surface area (Å²) in [5.41, 5.74) is 0. The Balaban J connectivity index is 2.19. The van der Waals surface area contributed by atoms with Crippen molar-refractivity contribution in [2.24, 2.45) is 0 Å². The Hall–Kier alpha value is -1.20. The molecule has 1 aromatic carbocycles. The fraction of sp³-hybridized carbons (Fsp3) is 0.300. The number of aliphatic hydroxyl groups excluding tert-OH is 1. The number of hydrogen-bond acceptors (Lipinski definition) is 4. The summed E-state index contributed by atoms with van der Waals surface area (Å²) in [5.74, 6) is -0.593. The van der Waals surface area contributed by atoms with Crippen LogP contribution in [-0.4, -0.2) is 26.8 Å². The Kier molecular flexibility index (Phi) is 2.83. The second kappa shape index (κ2) is 4.12. The summed E-state index contributed by atoms with van der Waals surface area (Å²) in [4.78, 5) is 11.8. The molecule has 15 heavy (non-hydrogen) atoms. The van der Waals surface area contributed by atoms with Gasteiger partial charge in [0.2, 0.25) is 6.29 Å². The van der Waals surface area contributed by atoms with Gasteiger partial charge in [0.25, 0.3) is 0 Å². The van der Waals surface area contributed by atoms with Gasteiger partial charge in [-0.2, -0.15) is 0 Å². The minimum Gasteiger partial charge on any atom is -0.435 e. The summed E-state index contributed by atoms with van der Waals surface area (Å²) in [6.45, 7) is 0. The van der Waals surface area contributed by atoms with Gasteiger partial charge in [0.15, 0.2) is 0 Å². The van der Waals surface area contributed by atoms with Gasteiger partial charge in [-0.05, 0) is 12.1 Å². The van der Waals surface area contributed by atoms with E-state index in [2.05, 4.69) is 4.74 Å². The first-order valence-corrected chi connectivity index (χ1v) is 5.74. The van der Waals surface area contributed by atoms with Gasteiger partial charge in [0.05, 0.1) is 10.8 Å². The van der Waals surface area contributed by atoms with Crippen molar-refractivity contribution < 1.29 is 18.8 Å². The first-order valence-electron chi connectivity index (χ1n) is 4.52. The van der Waals surface area contributed by atoms with Crippen LogP contribution in [-0.2, 0) is 20.3 Å². The van der Waals surface area contributed by atoms with E-state index in [9.17, 15) is 9.00 Å². The Morgan fingerprint density at radius 2 is 2.00 bits per heavy atom. The molecule has 0 amide bonds. The van der Waals surface area contributed by atoms with Crippen molar-refractivity contribution in [1.82, 2.24) is 0 Å². The van der Waals surface area contributed by atoms with Crippen molar-refractivity contribution in [3.05, 3.63) is 30.3 Å². The molecule has 0 aromatic heterocycles. The lowest BCUT2D eigenvalue weighted by molar-refractivity contribution is -0.153. The first kappa shape index (κ1) is 10.3. The molecule has 2 rings (SSSR count). The molecule has 1 saturated heterocycles. The summed E-state index contributed by atoms with van der Waals surface area (Å²) in [5, 5.41) is 8.34. The maximum atomic E-state index is 11.9. The van der Waals surface area contributed by atoms with Gasteiger partial charge >= 0.3 is 5.97 Å². The van der Waals surface area contributed by atoms with Crippen molar-refractivity contribution in [2.75, 3.05) is 0 Å². The lowest BCUT2D eigenvalue weighted by atomic mass is 10.3. The zero-order valence-electron chi connectivity index (χ0n) is 7.83. The molecular formula is C10H10O4S. The number of rotatable bonds is 2. The molecule has 0 saturated carbocycles. The van der Waals surface area contributed by atoms with Gasteiger partial charge in [-0.25, -0.2) is 0 Å². The van der Waals surface area contributed by atoms with E-state index in [0.29, 0.717) is 4.90 Å². The molecule has 1 aliphatic rings. The molecule has 1 heterocycles. The molecule has 80 valence electrons. The third-order valence-corrected chi connectivity index (χ3v) is 3.80. The van der Waals surface area contributed by atoms with Crippen LogP contribution in [0.2, 0.25) is 0 Å². The highest BCUT2D eigenvalue weighted by atomic mass is 32.2. The first-order chi connectivity index (χ1) is 7.18. The predicted molar refractivity (Wildman–Crippen MR) is 53.4 cm³/mol. The zero-order valence-corrected chi connectivity index (χ0v) is 8.65. The molecule has 0 spiro atoms. The van der Waals surface area contributed by atoms with Crippen LogP contribution in [0.15, 0.2) is 35.2 Å². The maximum Gasteiger partial charge on any atom is 0.324 e. The van der Waals surface area contributed by atoms with Crippen LogP contribution in [0.1, 0.15) is 6.42 Å². The summed E-state index contributed by atoms with van der Waals surface area (Å²) >= 11 is 0. The van der Waals surface area contributed by atoms with Crippen molar-refractivity contribution >= 4 is 16.8 Å². The number of aliphatic hydroxyl groups is 1. The third kappa shape index (κ3) is 2.08. The zero-order chi connectivity index (χ0) is 10.8. The van der Waals surface area contributed by atoms with Gasteiger partial charge in [0.1, 0.15) is 5.25 Å². The van der Waals surface area contributed by atoms with Crippen LogP contribution in [0.25, 0.3) is 0 Å². The third-order valence-electron chi connectivity index (χ3n) is 2.16. The highest BCUT2D eigenvalue weighted by molar-refractivity contribution is 7.86. The van der Waals surface area contributed by atoms with E-state index >= 15 is 0 Å². The van der Waals surface area contributed by atoms with Crippen LogP contribution in [0, 0.1) is 0 Å². The minimum absolute atomic E-state index is 0.0976. The molecule has 0 radical (unpaired) electrons. The van der Waals surface area contributed by atoms with E-state index in [-0.39, 0.29) is 6.42 Å². The summed E-state index contributed by atoms with van der Waals surface area (Å²) in [7, 11) is -1.44. The molecular weight excluding hydrogens is 216 g/mol. The Bertz CT molecular complexity index is 390. The Morgan fingerprint density at radius 3 is 2.53 bits per heavy atom. The monoisotopic (exact) mass is 226 g/mol. The largest absolute Gasteiger partial charge is 0.435 e. The molecule has 2 unspecified atom stereocenters. The smallest absolute Gasteiger partial charge is 0.324 e. The number of hydrogen-bond donors (Lipinski definition) is 1. The number of carbonyl (C=O) groups is 1. The topological polar surface area (TPSA) is 63.6 Å². The van der Waals surface area contributed by atoms with E-state index in [1.54, 1.807) is 24.3 Å². The van der Waals surface area contributed by atoms with Crippen molar-refractivity contribution in [1.29, 1.82) is 0 Å². The van der Waals surface area contributed by atoms with E-state index in [1.807, 2.05) is 6.07 Å². The van der Waals surface area contributed by atoms with Gasteiger partial charge in [0, 0.05) is 11.3 Å². The number of esters is 1. The molecule has 0 bridgehead atoms. The summed E-state index contributed by atoms with van der Waals surface area (Å²) in [6.07, 6.45) is -1.02. The average Bonchev–Trinajstić information content (AvgIpc) is 2.58. The van der Waals surface area contributed by atoms with E-state index in [1.165, 1.54) is 0 Å². The Morgan fingerprint density at radius 1 is 1.33 bits per heavy atom. The molecule has 1 fully saturated rings. The van der Waals surface area contributed by atoms with Gasteiger partial charge in [-0.15, -0.1) is 0 Å². The second-order valence-electron chi connectivity index (χ2n) is 3.23. The van der Waals surface area contributed by atoms with Crippen molar-refractivity contribution in [3.8, 4) is 0 Å². The van der Waals surface area contributed by atoms with Crippen LogP contribution in [0.4, 0.5) is 0 Å². The van der Waals surface area contributed by atoms with E-state index in [4.69, 9.17) is 5.11 Å². The molecule has 3 atom stereocenters. The lowest BCUT2D eigenvalue weighted by Crippen LogP contribution is -2.20. The molecule has 1 aromatic rings. The van der Waals surface area contributed by atoms with Crippen molar-refractivity contribution in [3.63, 3.8) is 0 Å². The van der Waals surface area contributed by atoms with Crippen LogP contribution < -0.4 is 0 Å². The number of ether oxygens (including phenoxy) is 1. The average molecular weight is 226 g/mol. The SMILES string of the molecule is O=C1OC(O)C[C@@H]1S(=O)c1ccccc1. The maximum absolute atomic E-state index is 11.9. The molecule has 0 aliphatic carbocycles. The standard InChI is InChI=1S/C10H10O4S/c11-9-6-8(10(12)14-9)15(13)7-4-2-1-3-5-7/h1-5,8-9,11H,6H2/t8-,9?,15?/m0/s1. The number of carbonyl (C=O) groups excluding carboxylic acids is 1. The molecule has 1 N–H and O–H groups in total. The fourth-order valence-corrected chi connectivity index (χ4v) is 2.75. The van der Waals surface area contributed by atoms with Gasteiger partial charge in [-0.3, -0.25) is 9.00 Å². The number of benzene rings is 1. The normalized spacial score (nSPS) is 27.4. The van der Waals surface area contributed by atoms with Crippen LogP contribution >= 0.6 is 0 Å². The highest BCUT2D eigenvalue weighted by Gasteiger charge is 2.38. The summed E-state index contributed by atoms with van der Waals surface area (Å²) < 4.78 is 16.4. The lowest BCUT2D eigenvalue weighted by Gasteiger charge is -2.04. The molecule has 4 nitrogen and oxygen atoms in total. The van der Waals surface area contributed by atoms with Crippen LogP contribution in [0.3, 0.4) is 0 Å². The molecule has 5 heteroatoms. The predicted octanol–water partition coefficient (Wildman–Crippen LogP) is 0.428. The Labute approximate surface area is 89.3 Å². The van der Waals surface area contributed by atoms with Crippen molar-refractivity contribution in [2.45, 2.75) is 22.9 Å². The fourth-order valence-electron chi connectivity index (χ4n) is 1.43. The van der Waals surface area contributed by atoms with Gasteiger partial charge < -0.3 is 9.84 Å². The minimum atomic E-state index is -1.44. The quantitative estimate of drug-likeness (QED) is 0.743. The van der Waals surface area contributed by atoms with E-state index < -0.39 is 28.3 Å². The number of cyclic esters (lactones) is 1. The van der Waals surface area contributed by atoms with E-state index in [0.717, 1.165) is 0 Å².